The highest BCUT2D eigenvalue weighted by Gasteiger charge is 2.64. The van der Waals surface area contributed by atoms with Crippen molar-refractivity contribution in [1.29, 1.82) is 0 Å². The summed E-state index contributed by atoms with van der Waals surface area (Å²) in [5.74, 6) is -16.9. The maximum Gasteiger partial charge on any atom is 0.327 e. The van der Waals surface area contributed by atoms with Gasteiger partial charge in [-0.1, -0.05) is 47.5 Å². The number of halogens is 2. The third kappa shape index (κ3) is 11.9. The number of nitrogens with two attached hydrogens (primary N) is 1. The second kappa shape index (κ2) is 24.8. The quantitative estimate of drug-likeness (QED) is 0.108. The summed E-state index contributed by atoms with van der Waals surface area (Å²) in [6, 6.07) is 5.12. The molecule has 29 nitrogen and oxygen atoms in total. The third-order valence-electron chi connectivity index (χ3n) is 17.4. The number of hydrogen-bond donors (Lipinski definition) is 16. The molecule has 0 saturated carbocycles. The number of aliphatic carboxylic acids is 1. The Kier molecular flexibility index (Phi) is 16.6. The van der Waals surface area contributed by atoms with E-state index in [0.29, 0.717) is 5.56 Å². The van der Waals surface area contributed by atoms with Crippen molar-refractivity contribution in [2.75, 3.05) is 0 Å². The van der Waals surface area contributed by atoms with E-state index in [9.17, 15) is 60.0 Å². The molecular weight excluding hydrogens is 1340 g/mol. The van der Waals surface area contributed by atoms with Crippen molar-refractivity contribution in [3.05, 3.63) is 164 Å². The first-order valence-corrected chi connectivity index (χ1v) is 31.5. The van der Waals surface area contributed by atoms with Crippen molar-refractivity contribution in [2.45, 2.75) is 90.9 Å². The fourth-order valence-corrected chi connectivity index (χ4v) is 14.7. The molecule has 0 spiro atoms. The maximum atomic E-state index is 15.9. The zero-order valence-corrected chi connectivity index (χ0v) is 53.0. The molecule has 32 heteroatoms. The molecule has 15 rings (SSSR count). The van der Waals surface area contributed by atoms with Crippen molar-refractivity contribution < 1.29 is 98.2 Å². The van der Waals surface area contributed by atoms with Crippen LogP contribution in [0.5, 0.6) is 69.0 Å². The number of phenols is 6. The Hall–Kier alpha value is -11.2. The number of nitrogens with one attached hydrogen (secondary N) is 7. The monoisotopic (exact) mass is 1400 g/mol. The summed E-state index contributed by atoms with van der Waals surface area (Å²) < 4.78 is 17.5. The van der Waals surface area contributed by atoms with Gasteiger partial charge in [-0.05, 0) is 132 Å². The topological polar surface area (TPSA) is 457 Å². The van der Waals surface area contributed by atoms with E-state index in [0.717, 1.165) is 77.3 Å². The van der Waals surface area contributed by atoms with Gasteiger partial charge in [0, 0.05) is 34.4 Å². The maximum absolute atomic E-state index is 15.9. The predicted octanol–water partition coefficient (Wildman–Crippen LogP) is 4.53. The van der Waals surface area contributed by atoms with Crippen LogP contribution in [0.3, 0.4) is 0 Å². The fourth-order valence-electron chi connectivity index (χ4n) is 12.6. The number of aliphatic hydroxyl groups is 1. The van der Waals surface area contributed by atoms with Gasteiger partial charge in [0.25, 0.3) is 0 Å². The van der Waals surface area contributed by atoms with Gasteiger partial charge >= 0.3 is 5.97 Å². The number of ether oxygens (including phenoxy) is 3. The summed E-state index contributed by atoms with van der Waals surface area (Å²) in [4.78, 5) is 134. The number of phenolic OH excluding ortho intramolecular Hbond substituents is 6. The molecule has 17 N–H and O–H groups in total. The molecule has 98 heavy (non-hydrogen) atoms. The molecule has 8 aliphatic heterocycles. The lowest BCUT2D eigenvalue weighted by Gasteiger charge is -2.44. The van der Waals surface area contributed by atoms with Crippen LogP contribution in [0.2, 0.25) is 10.0 Å². The number of benzene rings is 7. The summed E-state index contributed by atoms with van der Waals surface area (Å²) in [5, 5.41) is 108. The van der Waals surface area contributed by atoms with E-state index in [-0.39, 0.29) is 67.3 Å². The number of carbonyl (C=O) groups excluding carboxylic acids is 8. The molecule has 2 saturated heterocycles. The number of nitrogens with zero attached hydrogens (tertiary/aromatic N) is 1. The smallest absolute Gasteiger partial charge is 0.327 e. The average molecular weight is 1400 g/mol. The van der Waals surface area contributed by atoms with Gasteiger partial charge in [-0.15, -0.1) is 11.8 Å². The van der Waals surface area contributed by atoms with Gasteiger partial charge in [0.05, 0.1) is 10.0 Å². The van der Waals surface area contributed by atoms with E-state index in [1.165, 1.54) is 54.6 Å². The standard InChI is InChI=1S/C66H55Cl2N9O20S/c1-66(2)55(65(93)94)77-63(92)52(64(77)98-66)76-61(90)50-33-21-30(79)22-39(82)45(33)32-15-25(5-7-37(32)80)47-58(87)75-51(62(91)74-50)53(83)26-6-10-41(35(68)16-26)97-44-19-28-18-43(54(44)84)96-40-9-3-23(11-34(40)67)12-36-56(85)71-48(59(88)73-49(28)60(89)72-47)27-13-29(78)20-31(14-27)95-42-17-24(4-8-38(42)81)46(69)57(86)70-36/h3-11,13-22,36,46-53,55,64,78-84H,12,69H2,1-2H3,(H,70,86)(H,71,85)(H,72,89)(H,73,88)(H,74,91)(H,75,87)(H,76,90)(H,93,94)/t36-,46-,47-,48+,49-,50+,51+,52?,53-,55?,64?/m1/s1. The van der Waals surface area contributed by atoms with Crippen molar-refractivity contribution in [3.63, 3.8) is 0 Å². The van der Waals surface area contributed by atoms with Gasteiger partial charge in [0.1, 0.15) is 106 Å². The van der Waals surface area contributed by atoms with Crippen LogP contribution in [0.25, 0.3) is 11.1 Å². The molecule has 7 aromatic rings. The number of thioether (sulfide) groups is 1. The van der Waals surface area contributed by atoms with Gasteiger partial charge in [0.2, 0.25) is 53.0 Å². The predicted molar refractivity (Wildman–Crippen MR) is 343 cm³/mol. The van der Waals surface area contributed by atoms with Gasteiger partial charge in [0.15, 0.2) is 23.0 Å². The van der Waals surface area contributed by atoms with Crippen LogP contribution in [0.1, 0.15) is 89.1 Å². The lowest BCUT2D eigenvalue weighted by atomic mass is 9.89. The van der Waals surface area contributed by atoms with Crippen molar-refractivity contribution in [3.8, 4) is 80.1 Å². The normalized spacial score (nSPS) is 24.7. The SMILES string of the molecule is CC1(C)SC2C(NC(=O)[C@H]3NC(=O)[C@H]4NC(=O)[C@H](NC(=O)[C@@H]5NC(=O)[C@H]6NC(=O)[C@@H](Cc7ccc(c(Cl)c7)Oc7cc5cc(c7O)Oc5ccc(cc5Cl)[C@H]4O)NC(=O)[C@H](N)c4ccc(O)c(c4)Oc4cc(O)cc6c4)c4ccc(O)c(c4)-c4c(O)cc(O)cc43)C(=O)N2C1C(=O)O. The number of carboxylic acids is 1. The number of β-lactam (4-membered cyclic amide) rings is 1. The van der Waals surface area contributed by atoms with Gasteiger partial charge in [-0.25, -0.2) is 4.79 Å². The van der Waals surface area contributed by atoms with Crippen LogP contribution in [0.4, 0.5) is 0 Å². The molecule has 17 bridgehead atoms. The molecule has 0 aliphatic carbocycles. The Balaban J connectivity index is 0.985. The van der Waals surface area contributed by atoms with Crippen LogP contribution in [-0.4, -0.2) is 133 Å². The molecule has 11 atom stereocenters. The minimum Gasteiger partial charge on any atom is -0.508 e. The highest BCUT2D eigenvalue weighted by molar-refractivity contribution is 8.01. The summed E-state index contributed by atoms with van der Waals surface area (Å²) in [6.45, 7) is 3.18. The van der Waals surface area contributed by atoms with Crippen LogP contribution >= 0.6 is 35.0 Å². The molecule has 8 amide bonds. The minimum absolute atomic E-state index is 0.106. The third-order valence-corrected chi connectivity index (χ3v) is 19.6. The van der Waals surface area contributed by atoms with E-state index in [4.69, 9.17) is 43.1 Å². The number of fused-ring (bicyclic) bond motifs is 15. The Bertz CT molecular complexity index is 4660. The number of rotatable bonds is 3. The summed E-state index contributed by atoms with van der Waals surface area (Å²) >= 11 is 14.9. The van der Waals surface area contributed by atoms with Crippen LogP contribution < -0.4 is 57.2 Å². The second-order valence-corrected chi connectivity index (χ2v) is 26.9. The Morgan fingerprint density at radius 1 is 0.582 bits per heavy atom. The molecule has 7 aromatic carbocycles. The van der Waals surface area contributed by atoms with Crippen molar-refractivity contribution in [2.24, 2.45) is 5.73 Å². The first kappa shape index (κ1) is 65.5. The van der Waals surface area contributed by atoms with E-state index in [2.05, 4.69) is 37.2 Å². The largest absolute Gasteiger partial charge is 0.508 e. The lowest BCUT2D eigenvalue weighted by molar-refractivity contribution is -0.161. The molecule has 504 valence electrons. The van der Waals surface area contributed by atoms with E-state index in [1.54, 1.807) is 13.8 Å². The molecule has 0 radical (unpaired) electrons. The lowest BCUT2D eigenvalue weighted by Crippen LogP contribution is -2.71. The number of carbonyl (C=O) groups is 9. The molecular formula is C66H55Cl2N9O20S. The summed E-state index contributed by atoms with van der Waals surface area (Å²) in [7, 11) is 0. The molecule has 0 aromatic heterocycles. The Morgan fingerprint density at radius 3 is 1.85 bits per heavy atom. The number of hydrogen-bond acceptors (Lipinski definition) is 21. The average Bonchev–Trinajstić information content (AvgIpc) is 1.54. The first-order chi connectivity index (χ1) is 46.5. The number of amides is 8. The second-order valence-electron chi connectivity index (χ2n) is 24.3. The Labute approximate surface area is 566 Å². The van der Waals surface area contributed by atoms with E-state index < -0.39 is 187 Å². The Morgan fingerprint density at radius 2 is 1.17 bits per heavy atom. The van der Waals surface area contributed by atoms with Gasteiger partial charge in [-0.3, -0.25) is 38.4 Å². The molecule has 2 fully saturated rings. The number of aromatic hydroxyl groups is 6. The number of aliphatic hydroxyl groups excluding tert-OH is 1. The summed E-state index contributed by atoms with van der Waals surface area (Å²) in [6.07, 6.45) is -2.56. The number of carboxylic acid groups (broad SMARTS) is 1. The summed E-state index contributed by atoms with van der Waals surface area (Å²) in [5.41, 5.74) is 4.29. The van der Waals surface area contributed by atoms with E-state index >= 15 is 24.0 Å². The van der Waals surface area contributed by atoms with Crippen molar-refractivity contribution >= 4 is 88.2 Å². The van der Waals surface area contributed by atoms with Gasteiger partial charge in [-0.2, -0.15) is 0 Å². The molecule has 8 heterocycles. The molecule has 8 aliphatic rings. The zero-order valence-electron chi connectivity index (χ0n) is 50.7. The minimum atomic E-state index is -2.27. The highest BCUT2D eigenvalue weighted by Crippen LogP contribution is 2.52. The van der Waals surface area contributed by atoms with Crippen LogP contribution in [0.15, 0.2) is 115 Å². The van der Waals surface area contributed by atoms with Crippen molar-refractivity contribution in [1.82, 2.24) is 42.1 Å². The van der Waals surface area contributed by atoms with Crippen LogP contribution in [0, 0.1) is 0 Å². The zero-order chi connectivity index (χ0) is 69.8. The molecule has 3 unspecified atom stereocenters. The first-order valence-electron chi connectivity index (χ1n) is 29.8. The fraction of sp³-hybridized carbons (Fsp3) is 0.227. The van der Waals surface area contributed by atoms with E-state index in [1.807, 2.05) is 0 Å². The highest BCUT2D eigenvalue weighted by atomic mass is 35.5. The van der Waals surface area contributed by atoms with Crippen LogP contribution in [-0.2, 0) is 49.6 Å². The van der Waals surface area contributed by atoms with Gasteiger partial charge < -0.3 is 103 Å².